The van der Waals surface area contributed by atoms with Gasteiger partial charge < -0.3 is 9.47 Å². The van der Waals surface area contributed by atoms with Gasteiger partial charge in [0.2, 0.25) is 0 Å². The van der Waals surface area contributed by atoms with Crippen molar-refractivity contribution in [3.8, 4) is 11.8 Å². The first-order valence-corrected chi connectivity index (χ1v) is 8.11. The van der Waals surface area contributed by atoms with Crippen LogP contribution in [0.3, 0.4) is 0 Å². The van der Waals surface area contributed by atoms with Gasteiger partial charge in [-0.2, -0.15) is 22.1 Å². The molecule has 0 aliphatic carbocycles. The maximum absolute atomic E-state index is 11.4. The molecule has 0 heterocycles. The summed E-state index contributed by atoms with van der Waals surface area (Å²) in [6.45, 7) is 0.225. The second-order valence-corrected chi connectivity index (χ2v) is 5.18. The number of hydrogen-bond acceptors (Lipinski definition) is 7. The van der Waals surface area contributed by atoms with Gasteiger partial charge in [-0.05, 0) is 36.1 Å². The van der Waals surface area contributed by atoms with Crippen LogP contribution in [0, 0.1) is 11.3 Å². The molecule has 1 rings (SSSR count). The first kappa shape index (κ1) is 18.5. The van der Waals surface area contributed by atoms with Crippen LogP contribution >= 0.6 is 11.8 Å². The molecule has 0 spiro atoms. The molecule has 0 fully saturated rings. The molecule has 1 aromatic carbocycles. The molecular formula is C15H17N3O4S. The van der Waals surface area contributed by atoms with Crippen molar-refractivity contribution in [1.29, 1.82) is 5.26 Å². The number of nitrogens with one attached hydrogen (secondary N) is 1. The lowest BCUT2D eigenvalue weighted by Gasteiger charge is -2.06. The van der Waals surface area contributed by atoms with Crippen molar-refractivity contribution in [3.63, 3.8) is 0 Å². The zero-order valence-electron chi connectivity index (χ0n) is 12.7. The third-order valence-corrected chi connectivity index (χ3v) is 3.00. The summed E-state index contributed by atoms with van der Waals surface area (Å²) in [7, 11) is 0. The minimum absolute atomic E-state index is 0.147. The zero-order valence-corrected chi connectivity index (χ0v) is 13.5. The molecule has 0 aliphatic heterocycles. The SMILES string of the molecule is CSCCOC(=O)COc1ccc(/C=N\NC(=O)CC#N)cc1. The summed E-state index contributed by atoms with van der Waals surface area (Å²) in [6, 6.07) is 8.50. The Balaban J connectivity index is 2.36. The number of nitrogens with zero attached hydrogens (tertiary/aromatic N) is 2. The van der Waals surface area contributed by atoms with E-state index in [0.29, 0.717) is 12.4 Å². The fraction of sp³-hybridized carbons (Fsp3) is 0.333. The summed E-state index contributed by atoms with van der Waals surface area (Å²) < 4.78 is 10.3. The Bertz CT molecular complexity index is 581. The van der Waals surface area contributed by atoms with Gasteiger partial charge in [-0.1, -0.05) is 0 Å². The number of rotatable bonds is 9. The average molecular weight is 335 g/mol. The second kappa shape index (κ2) is 11.1. The third kappa shape index (κ3) is 8.48. The normalized spacial score (nSPS) is 10.1. The molecule has 0 atom stereocenters. The van der Waals surface area contributed by atoms with Crippen LogP contribution in [0.1, 0.15) is 12.0 Å². The predicted molar refractivity (Wildman–Crippen MR) is 87.2 cm³/mol. The number of carbonyl (C=O) groups is 2. The fourth-order valence-electron chi connectivity index (χ4n) is 1.36. The van der Waals surface area contributed by atoms with Crippen LogP contribution in [0.2, 0.25) is 0 Å². The number of carbonyl (C=O) groups excluding carboxylic acids is 2. The molecule has 122 valence electrons. The largest absolute Gasteiger partial charge is 0.482 e. The second-order valence-electron chi connectivity index (χ2n) is 4.20. The van der Waals surface area contributed by atoms with E-state index in [1.807, 2.05) is 6.26 Å². The van der Waals surface area contributed by atoms with E-state index in [4.69, 9.17) is 14.7 Å². The van der Waals surface area contributed by atoms with Crippen molar-refractivity contribution < 1.29 is 19.1 Å². The van der Waals surface area contributed by atoms with Crippen molar-refractivity contribution >= 4 is 29.9 Å². The van der Waals surface area contributed by atoms with Crippen molar-refractivity contribution in [1.82, 2.24) is 5.43 Å². The quantitative estimate of drug-likeness (QED) is 0.316. The Morgan fingerprint density at radius 3 is 2.78 bits per heavy atom. The van der Waals surface area contributed by atoms with Gasteiger partial charge in [0.05, 0.1) is 12.3 Å². The monoisotopic (exact) mass is 335 g/mol. The number of benzene rings is 1. The first-order chi connectivity index (χ1) is 11.2. The van der Waals surface area contributed by atoms with Crippen LogP contribution in [-0.2, 0) is 14.3 Å². The summed E-state index contributed by atoms with van der Waals surface area (Å²) in [6.07, 6.45) is 3.14. The predicted octanol–water partition coefficient (Wildman–Crippen LogP) is 1.34. The van der Waals surface area contributed by atoms with Crippen molar-refractivity contribution in [2.45, 2.75) is 6.42 Å². The maximum Gasteiger partial charge on any atom is 0.344 e. The Morgan fingerprint density at radius 2 is 2.13 bits per heavy atom. The summed E-state index contributed by atoms with van der Waals surface area (Å²) in [5, 5.41) is 12.0. The zero-order chi connectivity index (χ0) is 16.9. The van der Waals surface area contributed by atoms with E-state index in [1.165, 1.54) is 6.21 Å². The van der Waals surface area contributed by atoms with Gasteiger partial charge in [0.25, 0.3) is 5.91 Å². The minimum atomic E-state index is -0.469. The van der Waals surface area contributed by atoms with Crippen molar-refractivity contribution in [2.24, 2.45) is 5.10 Å². The van der Waals surface area contributed by atoms with Crippen LogP contribution in [-0.4, -0.2) is 43.3 Å². The number of hydrazone groups is 1. The molecule has 7 nitrogen and oxygen atoms in total. The Labute approximate surface area is 138 Å². The number of thioether (sulfide) groups is 1. The van der Waals surface area contributed by atoms with Crippen molar-refractivity contribution in [2.75, 3.05) is 25.2 Å². The molecule has 0 aliphatic rings. The highest BCUT2D eigenvalue weighted by Gasteiger charge is 2.04. The number of nitriles is 1. The highest BCUT2D eigenvalue weighted by molar-refractivity contribution is 7.98. The van der Waals surface area contributed by atoms with Crippen LogP contribution in [0.15, 0.2) is 29.4 Å². The smallest absolute Gasteiger partial charge is 0.344 e. The fourth-order valence-corrected chi connectivity index (χ4v) is 1.61. The van der Waals surface area contributed by atoms with Crippen LogP contribution < -0.4 is 10.2 Å². The van der Waals surface area contributed by atoms with E-state index in [1.54, 1.807) is 42.1 Å². The lowest BCUT2D eigenvalue weighted by atomic mass is 10.2. The molecule has 1 amide bonds. The molecular weight excluding hydrogens is 318 g/mol. The first-order valence-electron chi connectivity index (χ1n) is 6.72. The molecule has 0 bridgehead atoms. The topological polar surface area (TPSA) is 101 Å². The molecule has 1 N–H and O–H groups in total. The van der Waals surface area contributed by atoms with E-state index < -0.39 is 11.9 Å². The molecule has 0 saturated heterocycles. The summed E-state index contributed by atoms with van der Waals surface area (Å²) in [5.74, 6) is 0.399. The Morgan fingerprint density at radius 1 is 1.39 bits per heavy atom. The van der Waals surface area contributed by atoms with E-state index in [0.717, 1.165) is 11.3 Å². The Kier molecular flexibility index (Phi) is 8.93. The number of hydrogen-bond donors (Lipinski definition) is 1. The number of ether oxygens (including phenoxy) is 2. The molecule has 1 aromatic rings. The highest BCUT2D eigenvalue weighted by Crippen LogP contribution is 2.11. The highest BCUT2D eigenvalue weighted by atomic mass is 32.2. The number of esters is 1. The molecule has 23 heavy (non-hydrogen) atoms. The summed E-state index contributed by atoms with van der Waals surface area (Å²) in [4.78, 5) is 22.4. The third-order valence-electron chi connectivity index (χ3n) is 2.43. The summed E-state index contributed by atoms with van der Waals surface area (Å²) >= 11 is 1.60. The Hall–Kier alpha value is -2.53. The van der Waals surface area contributed by atoms with Gasteiger partial charge in [-0.15, -0.1) is 0 Å². The standard InChI is InChI=1S/C15H17N3O4S/c1-23-9-8-21-15(20)11-22-13-4-2-12(3-5-13)10-17-18-14(19)6-7-16/h2-5,10H,6,8-9,11H2,1H3,(H,18,19)/b17-10-. The van der Waals surface area contributed by atoms with Gasteiger partial charge in [-0.3, -0.25) is 4.79 Å². The lowest BCUT2D eigenvalue weighted by Crippen LogP contribution is -2.16. The number of amides is 1. The van der Waals surface area contributed by atoms with Crippen molar-refractivity contribution in [3.05, 3.63) is 29.8 Å². The van der Waals surface area contributed by atoms with E-state index >= 15 is 0 Å². The van der Waals surface area contributed by atoms with Gasteiger partial charge in [0.15, 0.2) is 6.61 Å². The molecule has 0 radical (unpaired) electrons. The van der Waals surface area contributed by atoms with Crippen LogP contribution in [0.25, 0.3) is 0 Å². The minimum Gasteiger partial charge on any atom is -0.482 e. The van der Waals surface area contributed by atoms with Crippen LogP contribution in [0.5, 0.6) is 5.75 Å². The molecule has 0 aromatic heterocycles. The van der Waals surface area contributed by atoms with Crippen LogP contribution in [0.4, 0.5) is 0 Å². The van der Waals surface area contributed by atoms with E-state index in [2.05, 4.69) is 10.5 Å². The van der Waals surface area contributed by atoms with Gasteiger partial charge in [0.1, 0.15) is 18.8 Å². The van der Waals surface area contributed by atoms with Gasteiger partial charge in [0, 0.05) is 5.75 Å². The molecule has 0 unspecified atom stereocenters. The van der Waals surface area contributed by atoms with E-state index in [9.17, 15) is 9.59 Å². The summed E-state index contributed by atoms with van der Waals surface area (Å²) in [5.41, 5.74) is 2.96. The molecule has 8 heteroatoms. The lowest BCUT2D eigenvalue weighted by molar-refractivity contribution is -0.145. The average Bonchev–Trinajstić information content (AvgIpc) is 2.54. The maximum atomic E-state index is 11.4. The van der Waals surface area contributed by atoms with Gasteiger partial charge >= 0.3 is 5.97 Å². The van der Waals surface area contributed by atoms with E-state index in [-0.39, 0.29) is 13.0 Å². The molecule has 0 saturated carbocycles. The van der Waals surface area contributed by atoms with Gasteiger partial charge in [-0.25, -0.2) is 10.2 Å².